The Balaban J connectivity index is 1.77. The smallest absolute Gasteiger partial charge is 0.277 e. The van der Waals surface area contributed by atoms with Crippen molar-refractivity contribution in [2.45, 2.75) is 19.8 Å². The number of amides is 1. The number of ether oxygens (including phenoxy) is 3. The van der Waals surface area contributed by atoms with Crippen LogP contribution in [0.3, 0.4) is 0 Å². The molecule has 0 fully saturated rings. The first kappa shape index (κ1) is 20.8. The van der Waals surface area contributed by atoms with Crippen molar-refractivity contribution in [2.75, 3.05) is 19.8 Å². The summed E-state index contributed by atoms with van der Waals surface area (Å²) in [7, 11) is 0. The van der Waals surface area contributed by atoms with Crippen LogP contribution in [0.25, 0.3) is 0 Å². The second-order valence-electron chi connectivity index (χ2n) is 5.79. The molecule has 2 aromatic rings. The maximum absolute atomic E-state index is 11.9. The van der Waals surface area contributed by atoms with E-state index < -0.39 is 0 Å². The van der Waals surface area contributed by atoms with Gasteiger partial charge in [-0.25, -0.2) is 5.43 Å². The highest BCUT2D eigenvalue weighted by molar-refractivity contribution is 5.85. The lowest BCUT2D eigenvalue weighted by Gasteiger charge is -2.08. The minimum Gasteiger partial charge on any atom is -0.494 e. The highest BCUT2D eigenvalue weighted by atomic mass is 16.5. The number of terminal acetylenes is 1. The lowest BCUT2D eigenvalue weighted by Crippen LogP contribution is -2.24. The molecule has 0 heterocycles. The maximum atomic E-state index is 11.9. The predicted octanol–water partition coefficient (Wildman–Crippen LogP) is 3.41. The van der Waals surface area contributed by atoms with Crippen molar-refractivity contribution in [3.63, 3.8) is 0 Å². The average molecular weight is 380 g/mol. The van der Waals surface area contributed by atoms with Gasteiger partial charge in [0.25, 0.3) is 5.91 Å². The molecule has 0 aliphatic carbocycles. The van der Waals surface area contributed by atoms with Crippen molar-refractivity contribution in [3.05, 3.63) is 54.1 Å². The Morgan fingerprint density at radius 1 is 1.11 bits per heavy atom. The number of hydrogen-bond acceptors (Lipinski definition) is 5. The number of benzene rings is 2. The second kappa shape index (κ2) is 12.0. The van der Waals surface area contributed by atoms with Gasteiger partial charge in [-0.15, -0.1) is 6.42 Å². The van der Waals surface area contributed by atoms with Crippen LogP contribution in [0.1, 0.15) is 25.3 Å². The molecule has 0 spiro atoms. The molecule has 146 valence electrons. The Kier molecular flexibility index (Phi) is 8.95. The minimum absolute atomic E-state index is 0.150. The van der Waals surface area contributed by atoms with Crippen LogP contribution in [0.2, 0.25) is 0 Å². The zero-order chi connectivity index (χ0) is 20.0. The average Bonchev–Trinajstić information content (AvgIpc) is 2.72. The Hall–Kier alpha value is -3.46. The summed E-state index contributed by atoms with van der Waals surface area (Å²) in [6.45, 7) is 2.81. The molecule has 1 amide bonds. The Bertz CT molecular complexity index is 810. The molecule has 0 radical (unpaired) electrons. The van der Waals surface area contributed by atoms with Crippen LogP contribution in [0, 0.1) is 12.3 Å². The SMILES string of the molecule is C#CCOc1ccccc1C=NNC(=O)COc1ccc(OCCCC)cc1. The lowest BCUT2D eigenvalue weighted by atomic mass is 10.2. The number of para-hydroxylation sites is 1. The molecule has 0 atom stereocenters. The molecule has 2 aromatic carbocycles. The van der Waals surface area contributed by atoms with Crippen molar-refractivity contribution in [2.24, 2.45) is 5.10 Å². The van der Waals surface area contributed by atoms with Gasteiger partial charge in [0, 0.05) is 5.56 Å². The number of nitrogens with zero attached hydrogens (tertiary/aromatic N) is 1. The zero-order valence-corrected chi connectivity index (χ0v) is 15.9. The topological polar surface area (TPSA) is 69.2 Å². The van der Waals surface area contributed by atoms with E-state index in [2.05, 4.69) is 23.4 Å². The maximum Gasteiger partial charge on any atom is 0.277 e. The number of carbonyl (C=O) groups is 1. The highest BCUT2D eigenvalue weighted by Crippen LogP contribution is 2.18. The molecular formula is C22H24N2O4. The third-order valence-corrected chi connectivity index (χ3v) is 3.58. The number of unbranched alkanes of at least 4 members (excludes halogenated alkanes) is 1. The highest BCUT2D eigenvalue weighted by Gasteiger charge is 2.03. The summed E-state index contributed by atoms with van der Waals surface area (Å²) < 4.78 is 16.4. The molecule has 0 aromatic heterocycles. The fourth-order valence-corrected chi connectivity index (χ4v) is 2.16. The lowest BCUT2D eigenvalue weighted by molar-refractivity contribution is -0.123. The van der Waals surface area contributed by atoms with E-state index in [0.717, 1.165) is 18.6 Å². The number of hydrogen-bond donors (Lipinski definition) is 1. The Morgan fingerprint density at radius 3 is 2.54 bits per heavy atom. The molecular weight excluding hydrogens is 356 g/mol. The van der Waals surface area contributed by atoms with Crippen molar-refractivity contribution in [3.8, 4) is 29.6 Å². The van der Waals surface area contributed by atoms with E-state index in [1.165, 1.54) is 6.21 Å². The summed E-state index contributed by atoms with van der Waals surface area (Å²) in [5.74, 6) is 3.98. The number of carbonyl (C=O) groups excluding carboxylic acids is 1. The zero-order valence-electron chi connectivity index (χ0n) is 15.9. The number of hydrazone groups is 1. The van der Waals surface area contributed by atoms with E-state index in [0.29, 0.717) is 23.7 Å². The van der Waals surface area contributed by atoms with Crippen molar-refractivity contribution >= 4 is 12.1 Å². The normalized spacial score (nSPS) is 10.3. The number of nitrogens with one attached hydrogen (secondary N) is 1. The van der Waals surface area contributed by atoms with Gasteiger partial charge < -0.3 is 14.2 Å². The van der Waals surface area contributed by atoms with Crippen molar-refractivity contribution in [1.82, 2.24) is 5.43 Å². The van der Waals surface area contributed by atoms with Gasteiger partial charge in [0.1, 0.15) is 23.9 Å². The Morgan fingerprint density at radius 2 is 1.82 bits per heavy atom. The van der Waals surface area contributed by atoms with Crippen LogP contribution in [0.4, 0.5) is 0 Å². The monoisotopic (exact) mass is 380 g/mol. The molecule has 6 heteroatoms. The van der Waals surface area contributed by atoms with Crippen LogP contribution in [0.15, 0.2) is 53.6 Å². The summed E-state index contributed by atoms with van der Waals surface area (Å²) in [4.78, 5) is 11.9. The summed E-state index contributed by atoms with van der Waals surface area (Å²) in [6.07, 6.45) is 8.79. The number of rotatable bonds is 11. The van der Waals surface area contributed by atoms with Crippen molar-refractivity contribution < 1.29 is 19.0 Å². The van der Waals surface area contributed by atoms with E-state index in [4.69, 9.17) is 20.6 Å². The van der Waals surface area contributed by atoms with Gasteiger partial charge in [0.05, 0.1) is 12.8 Å². The van der Waals surface area contributed by atoms with Crippen LogP contribution in [-0.2, 0) is 4.79 Å². The third kappa shape index (κ3) is 7.42. The Labute approximate surface area is 165 Å². The first-order valence-corrected chi connectivity index (χ1v) is 9.05. The van der Waals surface area contributed by atoms with Gasteiger partial charge in [-0.1, -0.05) is 31.4 Å². The van der Waals surface area contributed by atoms with E-state index in [1.807, 2.05) is 30.3 Å². The fourth-order valence-electron chi connectivity index (χ4n) is 2.16. The summed E-state index contributed by atoms with van der Waals surface area (Å²) in [6, 6.07) is 14.4. The van der Waals surface area contributed by atoms with E-state index in [1.54, 1.807) is 18.2 Å². The van der Waals surface area contributed by atoms with Gasteiger partial charge in [-0.05, 0) is 42.8 Å². The predicted molar refractivity (Wildman–Crippen MR) is 109 cm³/mol. The van der Waals surface area contributed by atoms with Crippen LogP contribution < -0.4 is 19.6 Å². The van der Waals surface area contributed by atoms with Crippen molar-refractivity contribution in [1.29, 1.82) is 0 Å². The molecule has 0 saturated heterocycles. The minimum atomic E-state index is -0.374. The molecule has 28 heavy (non-hydrogen) atoms. The van der Waals surface area contributed by atoms with Gasteiger partial charge >= 0.3 is 0 Å². The molecule has 0 aliphatic heterocycles. The first-order chi connectivity index (χ1) is 13.7. The summed E-state index contributed by atoms with van der Waals surface area (Å²) in [5.41, 5.74) is 3.12. The fraction of sp³-hybridized carbons (Fsp3) is 0.273. The van der Waals surface area contributed by atoms with Gasteiger partial charge in [-0.2, -0.15) is 5.10 Å². The molecule has 0 aliphatic rings. The second-order valence-corrected chi connectivity index (χ2v) is 5.79. The quantitative estimate of drug-likeness (QED) is 0.281. The first-order valence-electron chi connectivity index (χ1n) is 9.05. The molecule has 6 nitrogen and oxygen atoms in total. The van der Waals surface area contributed by atoms with Crippen LogP contribution in [0.5, 0.6) is 17.2 Å². The summed E-state index contributed by atoms with van der Waals surface area (Å²) >= 11 is 0. The van der Waals surface area contributed by atoms with Gasteiger partial charge in [0.2, 0.25) is 0 Å². The molecule has 1 N–H and O–H groups in total. The van der Waals surface area contributed by atoms with E-state index in [9.17, 15) is 4.79 Å². The van der Waals surface area contributed by atoms with Gasteiger partial charge in [0.15, 0.2) is 6.61 Å². The molecule has 0 saturated carbocycles. The summed E-state index contributed by atoms with van der Waals surface area (Å²) in [5, 5.41) is 3.92. The van der Waals surface area contributed by atoms with Crippen LogP contribution >= 0.6 is 0 Å². The van der Waals surface area contributed by atoms with E-state index >= 15 is 0 Å². The van der Waals surface area contributed by atoms with Gasteiger partial charge in [-0.3, -0.25) is 4.79 Å². The molecule has 0 unspecified atom stereocenters. The largest absolute Gasteiger partial charge is 0.494 e. The van der Waals surface area contributed by atoms with Crippen LogP contribution in [-0.4, -0.2) is 31.9 Å². The third-order valence-electron chi connectivity index (χ3n) is 3.58. The standard InChI is InChI=1S/C22H24N2O4/c1-3-5-15-26-19-10-12-20(13-11-19)28-17-22(25)24-23-16-18-8-6-7-9-21(18)27-14-4-2/h2,6-13,16H,3,5,14-15,17H2,1H3,(H,24,25). The molecule has 0 bridgehead atoms. The van der Waals surface area contributed by atoms with E-state index in [-0.39, 0.29) is 19.1 Å². The molecule has 2 rings (SSSR count).